The van der Waals surface area contributed by atoms with E-state index >= 15 is 0 Å². The Bertz CT molecular complexity index is 741. The molecule has 0 fully saturated rings. The van der Waals surface area contributed by atoms with Crippen LogP contribution >= 0.6 is 0 Å². The second-order valence-corrected chi connectivity index (χ2v) is 6.77. The molecule has 2 aliphatic heterocycles. The van der Waals surface area contributed by atoms with Crippen molar-refractivity contribution in [3.63, 3.8) is 0 Å². The number of hydroxylamine groups is 3. The fourth-order valence-electron chi connectivity index (χ4n) is 4.61. The lowest BCUT2D eigenvalue weighted by atomic mass is 9.71. The van der Waals surface area contributed by atoms with Gasteiger partial charge in [0.25, 0.3) is 0 Å². The Hall–Kier alpha value is -1.82. The van der Waals surface area contributed by atoms with E-state index in [2.05, 4.69) is 18.2 Å². The van der Waals surface area contributed by atoms with E-state index in [9.17, 15) is 5.21 Å². The van der Waals surface area contributed by atoms with Crippen molar-refractivity contribution in [3.05, 3.63) is 52.3 Å². The molecule has 3 aliphatic rings. The highest BCUT2D eigenvalue weighted by atomic mass is 16.6. The summed E-state index contributed by atoms with van der Waals surface area (Å²) in [4.78, 5) is 0. The van der Waals surface area contributed by atoms with Gasteiger partial charge in [-0.05, 0) is 23.8 Å². The number of hydrogen-bond donors (Lipinski definition) is 0. The molecule has 5 heteroatoms. The van der Waals surface area contributed by atoms with Crippen molar-refractivity contribution in [2.75, 3.05) is 34.4 Å². The quantitative estimate of drug-likeness (QED) is 0.632. The number of hydrogen-bond acceptors (Lipinski definition) is 4. The molecule has 1 aromatic rings. The summed E-state index contributed by atoms with van der Waals surface area (Å²) >= 11 is 0. The molecule has 24 heavy (non-hydrogen) atoms. The Kier molecular flexibility index (Phi) is 3.49. The molecule has 0 saturated heterocycles. The van der Waals surface area contributed by atoms with Crippen molar-refractivity contribution >= 4 is 0 Å². The van der Waals surface area contributed by atoms with Crippen LogP contribution in [-0.4, -0.2) is 45.2 Å². The van der Waals surface area contributed by atoms with Gasteiger partial charge in [0, 0.05) is 31.1 Å². The van der Waals surface area contributed by atoms with Crippen molar-refractivity contribution in [1.82, 2.24) is 0 Å². The van der Waals surface area contributed by atoms with E-state index in [0.29, 0.717) is 25.3 Å². The summed E-state index contributed by atoms with van der Waals surface area (Å²) in [5.74, 6) is 1.39. The number of ether oxygens (including phenoxy) is 3. The molecular weight excluding hydrogens is 306 g/mol. The van der Waals surface area contributed by atoms with Gasteiger partial charge in [-0.1, -0.05) is 12.2 Å². The number of benzene rings is 1. The molecular formula is C19H23NO4. The molecule has 0 aromatic heterocycles. The van der Waals surface area contributed by atoms with Gasteiger partial charge in [0.2, 0.25) is 0 Å². The Morgan fingerprint density at radius 3 is 2.62 bits per heavy atom. The third-order valence-corrected chi connectivity index (χ3v) is 5.87. The molecule has 0 radical (unpaired) electrons. The molecule has 0 bridgehead atoms. The minimum atomic E-state index is -0.595. The van der Waals surface area contributed by atoms with E-state index in [1.54, 1.807) is 21.3 Å². The maximum atomic E-state index is 13.7. The van der Waals surface area contributed by atoms with Gasteiger partial charge in [-0.2, -0.15) is 0 Å². The second kappa shape index (κ2) is 5.34. The average molecular weight is 329 g/mol. The fraction of sp³-hybridized carbons (Fsp3) is 0.474. The first-order chi connectivity index (χ1) is 11.6. The maximum absolute atomic E-state index is 13.7. The van der Waals surface area contributed by atoms with E-state index < -0.39 is 5.54 Å². The van der Waals surface area contributed by atoms with Gasteiger partial charge in [0.05, 0.1) is 33.4 Å². The Morgan fingerprint density at radius 2 is 1.92 bits per heavy atom. The van der Waals surface area contributed by atoms with E-state index in [-0.39, 0.29) is 10.8 Å². The third-order valence-electron chi connectivity index (χ3n) is 5.87. The van der Waals surface area contributed by atoms with Crippen molar-refractivity contribution in [1.29, 1.82) is 0 Å². The van der Waals surface area contributed by atoms with Crippen LogP contribution in [0.3, 0.4) is 0 Å². The van der Waals surface area contributed by atoms with E-state index in [4.69, 9.17) is 14.2 Å². The minimum absolute atomic E-state index is 0.0502. The van der Waals surface area contributed by atoms with Crippen LogP contribution in [0.4, 0.5) is 0 Å². The van der Waals surface area contributed by atoms with Crippen LogP contribution in [-0.2, 0) is 16.7 Å². The standard InChI is InChI=1S/C19H23NO4/c1-22-15-5-4-14-7-9-20(21)8-6-13-10-17(23-2)18(24-3)11-16(13)19(14,20)12-15/h4-5,7,10-11,15H,6,8-9,12H2,1-3H3/t15-,19-,20+/m0/s1. The molecule has 5 nitrogen and oxygen atoms in total. The van der Waals surface area contributed by atoms with Crippen LogP contribution in [0.2, 0.25) is 0 Å². The normalized spacial score (nSPS) is 33.3. The number of methoxy groups -OCH3 is 3. The zero-order chi connectivity index (χ0) is 16.9. The first-order valence-corrected chi connectivity index (χ1v) is 8.33. The second-order valence-electron chi connectivity index (χ2n) is 6.77. The smallest absolute Gasteiger partial charge is 0.161 e. The summed E-state index contributed by atoms with van der Waals surface area (Å²) in [6, 6.07) is 4.03. The van der Waals surface area contributed by atoms with Gasteiger partial charge in [0.1, 0.15) is 0 Å². The van der Waals surface area contributed by atoms with Crippen LogP contribution in [0.15, 0.2) is 35.9 Å². The molecule has 0 saturated carbocycles. The lowest BCUT2D eigenvalue weighted by Crippen LogP contribution is -2.61. The molecule has 1 aliphatic carbocycles. The number of nitrogens with zero attached hydrogens (tertiary/aromatic N) is 1. The van der Waals surface area contributed by atoms with Crippen molar-refractivity contribution < 1.29 is 18.9 Å². The predicted octanol–water partition coefficient (Wildman–Crippen LogP) is 2.68. The van der Waals surface area contributed by atoms with Gasteiger partial charge in [-0.3, -0.25) is 0 Å². The van der Waals surface area contributed by atoms with E-state index in [1.807, 2.05) is 12.1 Å². The lowest BCUT2D eigenvalue weighted by molar-refractivity contribution is -0.926. The molecule has 2 heterocycles. The fourth-order valence-corrected chi connectivity index (χ4v) is 4.61. The van der Waals surface area contributed by atoms with Gasteiger partial charge >= 0.3 is 0 Å². The van der Waals surface area contributed by atoms with Crippen molar-refractivity contribution in [3.8, 4) is 11.5 Å². The Morgan fingerprint density at radius 1 is 1.17 bits per heavy atom. The topological polar surface area (TPSA) is 50.8 Å². The lowest BCUT2D eigenvalue weighted by Gasteiger charge is -2.58. The van der Waals surface area contributed by atoms with Crippen LogP contribution in [0.1, 0.15) is 17.5 Å². The number of fused-ring (bicyclic) bond motifs is 1. The monoisotopic (exact) mass is 329 g/mol. The highest BCUT2D eigenvalue weighted by Crippen LogP contribution is 2.56. The van der Waals surface area contributed by atoms with Gasteiger partial charge in [-0.15, -0.1) is 0 Å². The highest BCUT2D eigenvalue weighted by molar-refractivity contribution is 5.55. The number of quaternary nitrogens is 1. The molecule has 1 aromatic carbocycles. The van der Waals surface area contributed by atoms with Crippen LogP contribution in [0.25, 0.3) is 0 Å². The molecule has 128 valence electrons. The van der Waals surface area contributed by atoms with Crippen molar-refractivity contribution in [2.24, 2.45) is 0 Å². The third kappa shape index (κ3) is 1.86. The highest BCUT2D eigenvalue weighted by Gasteiger charge is 2.57. The summed E-state index contributed by atoms with van der Waals surface area (Å²) in [5.41, 5.74) is 2.76. The van der Waals surface area contributed by atoms with Gasteiger partial charge in [0.15, 0.2) is 17.0 Å². The number of rotatable bonds is 3. The Balaban J connectivity index is 1.95. The zero-order valence-corrected chi connectivity index (χ0v) is 14.4. The molecule has 3 atom stereocenters. The SMILES string of the molecule is COc1cc2c(cc1OC)[C@]13C[C@@H](OC)C=CC1=CC[N@+]3([O-])CC2. The van der Waals surface area contributed by atoms with Gasteiger partial charge in [-0.25, -0.2) is 0 Å². The van der Waals surface area contributed by atoms with Crippen LogP contribution in [0.5, 0.6) is 11.5 Å². The molecule has 1 spiro atoms. The van der Waals surface area contributed by atoms with E-state index in [0.717, 1.165) is 23.3 Å². The average Bonchev–Trinajstić information content (AvgIpc) is 2.93. The summed E-state index contributed by atoms with van der Waals surface area (Å²) in [7, 11) is 4.98. The summed E-state index contributed by atoms with van der Waals surface area (Å²) in [6.45, 7) is 1.09. The minimum Gasteiger partial charge on any atom is -0.632 e. The maximum Gasteiger partial charge on any atom is 0.161 e. The molecule has 0 unspecified atom stereocenters. The largest absolute Gasteiger partial charge is 0.632 e. The zero-order valence-electron chi connectivity index (χ0n) is 14.4. The summed E-state index contributed by atoms with van der Waals surface area (Å²) in [5, 5.41) is 13.7. The first-order valence-electron chi connectivity index (χ1n) is 8.33. The molecule has 0 amide bonds. The predicted molar refractivity (Wildman–Crippen MR) is 90.9 cm³/mol. The van der Waals surface area contributed by atoms with Gasteiger partial charge < -0.3 is 24.1 Å². The summed E-state index contributed by atoms with van der Waals surface area (Å²) in [6.07, 6.45) is 7.59. The van der Waals surface area contributed by atoms with E-state index in [1.165, 1.54) is 5.56 Å². The van der Waals surface area contributed by atoms with Crippen molar-refractivity contribution in [2.45, 2.75) is 24.5 Å². The molecule has 4 rings (SSSR count). The van der Waals surface area contributed by atoms with Crippen LogP contribution in [0, 0.1) is 5.21 Å². The Labute approximate surface area is 142 Å². The summed E-state index contributed by atoms with van der Waals surface area (Å²) < 4.78 is 16.3. The van der Waals surface area contributed by atoms with Crippen LogP contribution < -0.4 is 9.47 Å². The molecule has 0 N–H and O–H groups in total. The first kappa shape index (κ1) is 15.7.